The lowest BCUT2D eigenvalue weighted by Crippen LogP contribution is -2.17. The van der Waals surface area contributed by atoms with Gasteiger partial charge in [0.1, 0.15) is 11.9 Å². The van der Waals surface area contributed by atoms with Crippen molar-refractivity contribution < 1.29 is 14.6 Å². The fourth-order valence-electron chi connectivity index (χ4n) is 1.57. The van der Waals surface area contributed by atoms with E-state index in [1.165, 1.54) is 0 Å². The van der Waals surface area contributed by atoms with Crippen LogP contribution in [0.2, 0.25) is 5.02 Å². The predicted molar refractivity (Wildman–Crippen MR) is 63.3 cm³/mol. The zero-order valence-electron chi connectivity index (χ0n) is 9.58. The highest BCUT2D eigenvalue weighted by Gasteiger charge is 2.12. The summed E-state index contributed by atoms with van der Waals surface area (Å²) in [6.45, 7) is 5.52. The van der Waals surface area contributed by atoms with Crippen LogP contribution in [0.15, 0.2) is 12.1 Å². The summed E-state index contributed by atoms with van der Waals surface area (Å²) >= 11 is 5.89. The molecule has 0 aliphatic carbocycles. The van der Waals surface area contributed by atoms with Gasteiger partial charge in [0, 0.05) is 5.02 Å². The van der Waals surface area contributed by atoms with E-state index in [0.29, 0.717) is 5.02 Å². The molecule has 0 saturated heterocycles. The van der Waals surface area contributed by atoms with Crippen molar-refractivity contribution in [2.24, 2.45) is 0 Å². The van der Waals surface area contributed by atoms with Crippen LogP contribution in [0.4, 0.5) is 0 Å². The molecule has 1 atom stereocenters. The number of halogens is 1. The number of benzene rings is 1. The Morgan fingerprint density at radius 2 is 1.94 bits per heavy atom. The molecule has 0 aliphatic rings. The minimum Gasteiger partial charge on any atom is -0.490 e. The van der Waals surface area contributed by atoms with Crippen molar-refractivity contribution in [3.63, 3.8) is 0 Å². The number of aryl methyl sites for hydroxylation is 2. The van der Waals surface area contributed by atoms with E-state index in [1.807, 2.05) is 13.8 Å². The lowest BCUT2D eigenvalue weighted by Gasteiger charge is -2.17. The monoisotopic (exact) mass is 242 g/mol. The average Bonchev–Trinajstić information content (AvgIpc) is 2.09. The van der Waals surface area contributed by atoms with Gasteiger partial charge >= 0.3 is 5.97 Å². The Kier molecular flexibility index (Phi) is 4.19. The van der Waals surface area contributed by atoms with Gasteiger partial charge in [-0.15, -0.1) is 0 Å². The third kappa shape index (κ3) is 3.42. The van der Waals surface area contributed by atoms with E-state index in [0.717, 1.165) is 16.9 Å². The van der Waals surface area contributed by atoms with Crippen molar-refractivity contribution in [3.05, 3.63) is 28.3 Å². The molecular weight excluding hydrogens is 228 g/mol. The van der Waals surface area contributed by atoms with Crippen molar-refractivity contribution in [3.8, 4) is 5.75 Å². The fourth-order valence-corrected chi connectivity index (χ4v) is 1.90. The number of carbonyl (C=O) groups is 1. The standard InChI is InChI=1S/C12H15ClO3/c1-7-4-10(13)5-8(2)12(7)16-9(3)6-11(14)15/h4-5,9H,6H2,1-3H3,(H,14,15)/t9-/m1/s1. The van der Waals surface area contributed by atoms with Gasteiger partial charge in [-0.3, -0.25) is 4.79 Å². The van der Waals surface area contributed by atoms with Crippen molar-refractivity contribution >= 4 is 17.6 Å². The van der Waals surface area contributed by atoms with Crippen LogP contribution >= 0.6 is 11.6 Å². The molecule has 16 heavy (non-hydrogen) atoms. The molecule has 0 radical (unpaired) electrons. The van der Waals surface area contributed by atoms with Crippen molar-refractivity contribution in [1.82, 2.24) is 0 Å². The van der Waals surface area contributed by atoms with Gasteiger partial charge in [0.15, 0.2) is 0 Å². The quantitative estimate of drug-likeness (QED) is 0.882. The molecule has 0 spiro atoms. The molecule has 0 fully saturated rings. The van der Waals surface area contributed by atoms with Crippen LogP contribution in [-0.4, -0.2) is 17.2 Å². The fraction of sp³-hybridized carbons (Fsp3) is 0.417. The maximum Gasteiger partial charge on any atom is 0.307 e. The minimum atomic E-state index is -0.864. The Hall–Kier alpha value is -1.22. The molecule has 0 aliphatic heterocycles. The van der Waals surface area contributed by atoms with Crippen molar-refractivity contribution in [1.29, 1.82) is 0 Å². The van der Waals surface area contributed by atoms with Crippen LogP contribution in [0.3, 0.4) is 0 Å². The van der Waals surface area contributed by atoms with Gasteiger partial charge in [0.2, 0.25) is 0 Å². The second kappa shape index (κ2) is 5.21. The van der Waals surface area contributed by atoms with Crippen molar-refractivity contribution in [2.45, 2.75) is 33.3 Å². The number of ether oxygens (including phenoxy) is 1. The molecule has 0 saturated carbocycles. The molecule has 0 unspecified atom stereocenters. The van der Waals surface area contributed by atoms with E-state index in [-0.39, 0.29) is 12.5 Å². The normalized spacial score (nSPS) is 12.2. The highest BCUT2D eigenvalue weighted by Crippen LogP contribution is 2.28. The number of hydrogen-bond acceptors (Lipinski definition) is 2. The SMILES string of the molecule is Cc1cc(Cl)cc(C)c1O[C@H](C)CC(=O)O. The summed E-state index contributed by atoms with van der Waals surface area (Å²) < 4.78 is 5.60. The maximum atomic E-state index is 10.5. The summed E-state index contributed by atoms with van der Waals surface area (Å²) in [5.74, 6) is -0.144. The van der Waals surface area contributed by atoms with E-state index in [9.17, 15) is 4.79 Å². The van der Waals surface area contributed by atoms with Crippen molar-refractivity contribution in [2.75, 3.05) is 0 Å². The average molecular weight is 243 g/mol. The highest BCUT2D eigenvalue weighted by molar-refractivity contribution is 6.30. The van der Waals surface area contributed by atoms with Crippen LogP contribution < -0.4 is 4.74 Å². The molecule has 88 valence electrons. The molecule has 1 N–H and O–H groups in total. The second-order valence-electron chi connectivity index (χ2n) is 3.90. The highest BCUT2D eigenvalue weighted by atomic mass is 35.5. The summed E-state index contributed by atoms with van der Waals surface area (Å²) in [6, 6.07) is 3.61. The maximum absolute atomic E-state index is 10.5. The second-order valence-corrected chi connectivity index (χ2v) is 4.33. The smallest absolute Gasteiger partial charge is 0.307 e. The number of carboxylic acid groups (broad SMARTS) is 1. The third-order valence-corrected chi connectivity index (χ3v) is 2.42. The topological polar surface area (TPSA) is 46.5 Å². The van der Waals surface area contributed by atoms with E-state index in [1.54, 1.807) is 19.1 Å². The van der Waals surface area contributed by atoms with Crippen LogP contribution in [-0.2, 0) is 4.79 Å². The summed E-state index contributed by atoms with van der Waals surface area (Å²) in [7, 11) is 0. The Balaban J connectivity index is 2.85. The van der Waals surface area contributed by atoms with Crippen LogP contribution in [0.5, 0.6) is 5.75 Å². The zero-order valence-corrected chi connectivity index (χ0v) is 10.3. The van der Waals surface area contributed by atoms with Gasteiger partial charge in [0.25, 0.3) is 0 Å². The minimum absolute atomic E-state index is 0.0124. The van der Waals surface area contributed by atoms with E-state index in [4.69, 9.17) is 21.4 Å². The first-order valence-electron chi connectivity index (χ1n) is 5.05. The van der Waals surface area contributed by atoms with Gasteiger partial charge in [-0.05, 0) is 44.0 Å². The largest absolute Gasteiger partial charge is 0.490 e. The van der Waals surface area contributed by atoms with Gasteiger partial charge in [-0.2, -0.15) is 0 Å². The third-order valence-electron chi connectivity index (χ3n) is 2.21. The van der Waals surface area contributed by atoms with Gasteiger partial charge in [0.05, 0.1) is 6.42 Å². The molecule has 1 aromatic carbocycles. The number of carboxylic acids is 1. The zero-order chi connectivity index (χ0) is 12.3. The Morgan fingerprint density at radius 1 is 1.44 bits per heavy atom. The first-order valence-corrected chi connectivity index (χ1v) is 5.43. The summed E-state index contributed by atoms with van der Waals surface area (Å²) in [4.78, 5) is 10.5. The number of aliphatic carboxylic acids is 1. The molecule has 0 aromatic heterocycles. The molecule has 1 rings (SSSR count). The molecule has 1 aromatic rings. The molecule has 3 nitrogen and oxygen atoms in total. The molecule has 0 heterocycles. The lowest BCUT2D eigenvalue weighted by atomic mass is 10.1. The molecule has 0 bridgehead atoms. The molecular formula is C12H15ClO3. The number of rotatable bonds is 4. The van der Waals surface area contributed by atoms with Crippen LogP contribution in [0.1, 0.15) is 24.5 Å². The van der Waals surface area contributed by atoms with Gasteiger partial charge < -0.3 is 9.84 Å². The van der Waals surface area contributed by atoms with Crippen LogP contribution in [0, 0.1) is 13.8 Å². The Bertz CT molecular complexity index is 378. The Labute approximate surface area is 100.0 Å². The summed E-state index contributed by atoms with van der Waals surface area (Å²) in [6.07, 6.45) is -0.363. The molecule has 4 heteroatoms. The summed E-state index contributed by atoms with van der Waals surface area (Å²) in [5.41, 5.74) is 1.84. The first-order chi connectivity index (χ1) is 7.40. The van der Waals surface area contributed by atoms with Crippen LogP contribution in [0.25, 0.3) is 0 Å². The van der Waals surface area contributed by atoms with Gasteiger partial charge in [-0.25, -0.2) is 0 Å². The lowest BCUT2D eigenvalue weighted by molar-refractivity contribution is -0.138. The predicted octanol–water partition coefficient (Wildman–Crippen LogP) is 3.20. The molecule has 0 amide bonds. The number of hydrogen-bond donors (Lipinski definition) is 1. The van der Waals surface area contributed by atoms with Gasteiger partial charge in [-0.1, -0.05) is 11.6 Å². The summed E-state index contributed by atoms with van der Waals surface area (Å²) in [5, 5.41) is 9.30. The van der Waals surface area contributed by atoms with E-state index in [2.05, 4.69) is 0 Å². The first kappa shape index (κ1) is 12.8. The Morgan fingerprint density at radius 3 is 2.38 bits per heavy atom. The van der Waals surface area contributed by atoms with E-state index >= 15 is 0 Å². The van der Waals surface area contributed by atoms with E-state index < -0.39 is 5.97 Å².